The van der Waals surface area contributed by atoms with Crippen LogP contribution < -0.4 is 0 Å². The molecule has 0 heterocycles. The van der Waals surface area contributed by atoms with Gasteiger partial charge in [-0.1, -0.05) is 0 Å². The molecule has 0 aromatic heterocycles. The first kappa shape index (κ1) is 32.2. The molecule has 3 nitrogen and oxygen atoms in total. The molecule has 1 unspecified atom stereocenters. The molecule has 1 rings (SSSR count). The zero-order chi connectivity index (χ0) is 26.4. The van der Waals surface area contributed by atoms with Crippen LogP contribution in [0.5, 0.6) is 0 Å². The Morgan fingerprint density at radius 3 is 1.53 bits per heavy atom. The molecule has 7 heteroatoms. The Kier molecular flexibility index (Phi) is 12.4. The van der Waals surface area contributed by atoms with Crippen molar-refractivity contribution in [1.82, 2.24) is 0 Å². The van der Waals surface area contributed by atoms with Crippen molar-refractivity contribution in [3.63, 3.8) is 0 Å². The Labute approximate surface area is 218 Å². The van der Waals surface area contributed by atoms with E-state index >= 15 is 0 Å². The molecule has 0 aromatic rings. The van der Waals surface area contributed by atoms with Gasteiger partial charge in [-0.15, -0.1) is 0 Å². The van der Waals surface area contributed by atoms with Gasteiger partial charge >= 0.3 is 220 Å². The fourth-order valence-corrected chi connectivity index (χ4v) is 24.4. The fourth-order valence-electron chi connectivity index (χ4n) is 5.45. The molecule has 0 radical (unpaired) electrons. The first-order valence-corrected chi connectivity index (χ1v) is 28.9. The van der Waals surface area contributed by atoms with Crippen molar-refractivity contribution in [2.24, 2.45) is 0 Å². The van der Waals surface area contributed by atoms with E-state index in [2.05, 4.69) is 95.1 Å². The summed E-state index contributed by atoms with van der Waals surface area (Å²) >= 11 is -2.06. The van der Waals surface area contributed by atoms with Crippen LogP contribution in [0.2, 0.25) is 59.8 Å². The van der Waals surface area contributed by atoms with Crippen LogP contribution in [-0.2, 0) is 29.3 Å². The summed E-state index contributed by atoms with van der Waals surface area (Å²) in [5.74, 6) is 0. The first-order chi connectivity index (χ1) is 15.7. The monoisotopic (exact) mass is 705 g/mol. The molecule has 0 aliphatic heterocycles. The molecule has 1 atom stereocenters. The molecule has 0 amide bonds. The van der Waals surface area contributed by atoms with Gasteiger partial charge < -0.3 is 0 Å². The molecule has 1 aliphatic rings. The van der Waals surface area contributed by atoms with Gasteiger partial charge in [0.1, 0.15) is 0 Å². The van der Waals surface area contributed by atoms with E-state index in [0.717, 1.165) is 24.9 Å². The van der Waals surface area contributed by atoms with Crippen LogP contribution in [0.25, 0.3) is 0 Å². The van der Waals surface area contributed by atoms with Gasteiger partial charge in [0, 0.05) is 0 Å². The molecule has 0 fully saturated rings. The van der Waals surface area contributed by atoms with Gasteiger partial charge in [0.15, 0.2) is 0 Å². The minimum absolute atomic E-state index is 0.212. The van der Waals surface area contributed by atoms with Crippen molar-refractivity contribution in [3.8, 4) is 0 Å². The van der Waals surface area contributed by atoms with Gasteiger partial charge in [-0.3, -0.25) is 0 Å². The standard InChI is InChI=1S/C24H45O3Si3.3CH3.Pt/c1-11-19-28(7,8)23-18-17-21(24(23)29(9,10)20-12-2)22(13-3)30(25-14-4,26-15-5)27-16-6;;;;/h11-12,22H,1-2,13-17,19-20H2,3-10H3;3*1H3;. The van der Waals surface area contributed by atoms with Gasteiger partial charge in [-0.2, -0.15) is 0 Å². The van der Waals surface area contributed by atoms with Crippen LogP contribution in [0.4, 0.5) is 0 Å². The summed E-state index contributed by atoms with van der Waals surface area (Å²) in [6, 6.07) is 2.22. The van der Waals surface area contributed by atoms with Crippen molar-refractivity contribution in [2.75, 3.05) is 19.8 Å². The van der Waals surface area contributed by atoms with Crippen LogP contribution in [0.1, 0.15) is 40.5 Å². The van der Waals surface area contributed by atoms with Crippen LogP contribution in [0.15, 0.2) is 45.2 Å². The Hall–Kier alpha value is 0.179. The molecule has 34 heavy (non-hydrogen) atoms. The Morgan fingerprint density at radius 1 is 0.794 bits per heavy atom. The second-order valence-corrected chi connectivity index (χ2v) is 34.6. The summed E-state index contributed by atoms with van der Waals surface area (Å²) in [5.41, 5.74) is 1.82. The maximum atomic E-state index is 6.53. The summed E-state index contributed by atoms with van der Waals surface area (Å²) < 4.78 is 21.4. The van der Waals surface area contributed by atoms with Gasteiger partial charge in [0.2, 0.25) is 0 Å². The third-order valence-corrected chi connectivity index (χ3v) is 22.7. The Morgan fingerprint density at radius 2 is 1.21 bits per heavy atom. The molecule has 0 N–H and O–H groups in total. The van der Waals surface area contributed by atoms with Gasteiger partial charge in [-0.05, 0) is 0 Å². The molecular weight excluding hydrogens is 652 g/mol. The topological polar surface area (TPSA) is 27.7 Å². The van der Waals surface area contributed by atoms with Crippen LogP contribution >= 0.6 is 0 Å². The molecule has 0 spiro atoms. The van der Waals surface area contributed by atoms with Crippen LogP contribution in [0.3, 0.4) is 0 Å². The van der Waals surface area contributed by atoms with Crippen molar-refractivity contribution in [1.29, 1.82) is 0 Å². The quantitative estimate of drug-likeness (QED) is 0.119. The van der Waals surface area contributed by atoms with E-state index in [4.69, 9.17) is 13.3 Å². The molecule has 0 bridgehead atoms. The summed E-state index contributed by atoms with van der Waals surface area (Å²) in [6.07, 6.45) is 6.42. The maximum absolute atomic E-state index is 6.53. The van der Waals surface area contributed by atoms with E-state index in [9.17, 15) is 0 Å². The number of hydrogen-bond donors (Lipinski definition) is 0. The number of rotatable bonds is 16. The molecule has 202 valence electrons. The molecule has 1 aliphatic carbocycles. The van der Waals surface area contributed by atoms with E-state index in [1.54, 1.807) is 16.0 Å². The molecule has 0 aromatic carbocycles. The summed E-state index contributed by atoms with van der Waals surface area (Å²) in [4.78, 5) is 0. The molecule has 0 saturated carbocycles. The molecule has 0 saturated heterocycles. The summed E-state index contributed by atoms with van der Waals surface area (Å²) in [5, 5.41) is 11.2. The van der Waals surface area contributed by atoms with E-state index in [1.807, 2.05) is 3.96 Å². The Bertz CT molecular complexity index is 761. The predicted molar refractivity (Wildman–Crippen MR) is 156 cm³/mol. The van der Waals surface area contributed by atoms with Gasteiger partial charge in [0.25, 0.3) is 0 Å². The number of hydrogen-bond acceptors (Lipinski definition) is 3. The summed E-state index contributed by atoms with van der Waals surface area (Å²) in [6.45, 7) is 29.0. The van der Waals surface area contributed by atoms with E-state index in [0.29, 0.717) is 19.8 Å². The van der Waals surface area contributed by atoms with Crippen molar-refractivity contribution >= 4 is 25.0 Å². The minimum atomic E-state index is -2.90. The second-order valence-electron chi connectivity index (χ2n) is 10.9. The zero-order valence-corrected chi connectivity index (χ0v) is 29.4. The third-order valence-electron chi connectivity index (χ3n) is 6.69. The fraction of sp³-hybridized carbons (Fsp3) is 0.704. The van der Waals surface area contributed by atoms with Gasteiger partial charge in [0.05, 0.1) is 0 Å². The average Bonchev–Trinajstić information content (AvgIpc) is 3.12. The SMILES string of the molecule is C=CC[Si](C)(C)C1=C(C(CC)[Si](OCC)(OCC)OCC)C[C]([Pt]([CH3])([CH3])[CH3])=C1[Si](C)(C)CC=C. The summed E-state index contributed by atoms with van der Waals surface area (Å²) in [7, 11) is -6.41. The van der Waals surface area contributed by atoms with Crippen LogP contribution in [0, 0.1) is 0 Å². The predicted octanol–water partition coefficient (Wildman–Crippen LogP) is 8.93. The second kappa shape index (κ2) is 13.1. The van der Waals surface area contributed by atoms with E-state index in [1.165, 1.54) is 0 Å². The van der Waals surface area contributed by atoms with Crippen molar-refractivity contribution in [3.05, 3.63) is 45.2 Å². The first-order valence-electron chi connectivity index (χ1n) is 12.7. The Balaban J connectivity index is 4.08. The molecular formula is C27H54O3PtSi3. The normalized spacial score (nSPS) is 17.4. The van der Waals surface area contributed by atoms with E-state index < -0.39 is 41.0 Å². The van der Waals surface area contributed by atoms with E-state index in [-0.39, 0.29) is 5.54 Å². The average molecular weight is 706 g/mol. The van der Waals surface area contributed by atoms with Gasteiger partial charge in [-0.25, -0.2) is 0 Å². The van der Waals surface area contributed by atoms with Crippen LogP contribution in [-0.4, -0.2) is 44.8 Å². The number of allylic oxidation sites excluding steroid dienone is 6. The zero-order valence-electron chi connectivity index (χ0n) is 24.1. The van der Waals surface area contributed by atoms with Crippen molar-refractivity contribution in [2.45, 2.75) is 100 Å². The third kappa shape index (κ3) is 7.14. The van der Waals surface area contributed by atoms with Crippen molar-refractivity contribution < 1.29 is 29.3 Å².